The molecule has 2 aromatic rings. The number of aliphatic hydroxyl groups is 3. The van der Waals surface area contributed by atoms with Crippen molar-refractivity contribution in [3.63, 3.8) is 0 Å². The first-order chi connectivity index (χ1) is 16.4. The number of hydrogen-bond acceptors (Lipinski definition) is 10. The molecule has 0 radical (unpaired) electrons. The van der Waals surface area contributed by atoms with E-state index in [1.165, 1.54) is 6.39 Å². The molecule has 1 saturated carbocycles. The van der Waals surface area contributed by atoms with Crippen LogP contribution in [0.4, 0.5) is 5.69 Å². The summed E-state index contributed by atoms with van der Waals surface area (Å²) in [7, 11) is 6.96. The molecule has 184 valence electrons. The second-order valence-electron chi connectivity index (χ2n) is 10.00. The molecule has 10 heteroatoms. The van der Waals surface area contributed by atoms with Crippen LogP contribution >= 0.6 is 0 Å². The average molecular weight is 482 g/mol. The molecule has 10 nitrogen and oxygen atoms in total. The van der Waals surface area contributed by atoms with Gasteiger partial charge in [-0.05, 0) is 51.4 Å². The number of Topliss-reactive ketones (excluding diaryl/α,β-unsaturated/α-hetero) is 3. The predicted octanol–water partition coefficient (Wildman–Crippen LogP) is 1.57. The van der Waals surface area contributed by atoms with Crippen LogP contribution in [-0.4, -0.2) is 82.4 Å². The Balaban J connectivity index is 1.79. The van der Waals surface area contributed by atoms with E-state index in [1.807, 2.05) is 25.1 Å². The summed E-state index contributed by atoms with van der Waals surface area (Å²) in [4.78, 5) is 47.0. The molecule has 3 N–H and O–H groups in total. The standard InChI is InChI=1S/C25H27N3O7/c1-10(29)16-21(31)19(28(4)5)13-7-11-6-12-15(27(2)3)8-14-22(35-9-26-14)18(12)20(30)17(11)24(33)25(13,34)23(16)32/h8-9,11,13,19,30,32,34H,6-7H2,1-5H3/t11-,13-,19-,25+/m0/s1. The van der Waals surface area contributed by atoms with Gasteiger partial charge >= 0.3 is 0 Å². The van der Waals surface area contributed by atoms with Crippen LogP contribution in [0.3, 0.4) is 0 Å². The summed E-state index contributed by atoms with van der Waals surface area (Å²) in [6, 6.07) is 0.839. The van der Waals surface area contributed by atoms with Crippen molar-refractivity contribution in [1.29, 1.82) is 0 Å². The topological polar surface area (TPSA) is 144 Å². The van der Waals surface area contributed by atoms with Crippen LogP contribution in [0.25, 0.3) is 16.9 Å². The number of aliphatic hydroxyl groups excluding tert-OH is 2. The van der Waals surface area contributed by atoms with Gasteiger partial charge in [0.2, 0.25) is 5.78 Å². The Labute approximate surface area is 201 Å². The van der Waals surface area contributed by atoms with Crippen molar-refractivity contribution in [2.24, 2.45) is 11.8 Å². The minimum atomic E-state index is -2.53. The second-order valence-corrected chi connectivity index (χ2v) is 10.00. The summed E-state index contributed by atoms with van der Waals surface area (Å²) in [6.07, 6.45) is 1.73. The van der Waals surface area contributed by atoms with Gasteiger partial charge in [0.1, 0.15) is 22.6 Å². The maximum atomic E-state index is 13.9. The monoisotopic (exact) mass is 481 g/mol. The normalized spacial score (nSPS) is 28.4. The second kappa shape index (κ2) is 7.50. The van der Waals surface area contributed by atoms with Gasteiger partial charge in [-0.3, -0.25) is 19.3 Å². The van der Waals surface area contributed by atoms with E-state index in [1.54, 1.807) is 19.0 Å². The van der Waals surface area contributed by atoms with Crippen LogP contribution in [0, 0.1) is 11.8 Å². The summed E-state index contributed by atoms with van der Waals surface area (Å²) in [6.45, 7) is 1.10. The molecule has 0 aliphatic heterocycles. The molecule has 3 aliphatic rings. The van der Waals surface area contributed by atoms with Crippen molar-refractivity contribution in [3.8, 4) is 0 Å². The Hall–Kier alpha value is -3.50. The number of oxazole rings is 1. The summed E-state index contributed by atoms with van der Waals surface area (Å²) in [5, 5.41) is 34.1. The molecule has 0 bridgehead atoms. The molecule has 1 fully saturated rings. The third kappa shape index (κ3) is 2.90. The van der Waals surface area contributed by atoms with E-state index in [0.29, 0.717) is 23.1 Å². The van der Waals surface area contributed by atoms with Gasteiger partial charge < -0.3 is 24.6 Å². The molecule has 3 aliphatic carbocycles. The highest BCUT2D eigenvalue weighted by Gasteiger charge is 2.64. The Morgan fingerprint density at radius 3 is 2.49 bits per heavy atom. The van der Waals surface area contributed by atoms with Gasteiger partial charge in [-0.1, -0.05) is 0 Å². The predicted molar refractivity (Wildman–Crippen MR) is 126 cm³/mol. The zero-order valence-corrected chi connectivity index (χ0v) is 20.1. The number of aromatic nitrogens is 1. The van der Waals surface area contributed by atoms with E-state index in [2.05, 4.69) is 4.98 Å². The molecule has 0 amide bonds. The van der Waals surface area contributed by atoms with E-state index in [0.717, 1.165) is 18.2 Å². The molecule has 0 unspecified atom stereocenters. The number of rotatable bonds is 3. The molecule has 35 heavy (non-hydrogen) atoms. The minimum absolute atomic E-state index is 0.0498. The first kappa shape index (κ1) is 23.3. The largest absolute Gasteiger partial charge is 0.508 e. The van der Waals surface area contributed by atoms with Crippen LogP contribution in [0.15, 0.2) is 33.8 Å². The van der Waals surface area contributed by atoms with Gasteiger partial charge in [-0.2, -0.15) is 0 Å². The molecule has 1 aromatic carbocycles. The lowest BCUT2D eigenvalue weighted by Gasteiger charge is -2.50. The number of nitrogens with zero attached hydrogens (tertiary/aromatic N) is 3. The van der Waals surface area contributed by atoms with Crippen LogP contribution in [0.2, 0.25) is 0 Å². The maximum absolute atomic E-state index is 13.9. The number of anilines is 1. The van der Waals surface area contributed by atoms with Crippen molar-refractivity contribution >= 4 is 39.9 Å². The van der Waals surface area contributed by atoms with Crippen LogP contribution in [-0.2, 0) is 20.8 Å². The zero-order chi connectivity index (χ0) is 25.6. The van der Waals surface area contributed by atoms with Crippen molar-refractivity contribution in [2.45, 2.75) is 31.4 Å². The molecule has 1 heterocycles. The number of carbonyl (C=O) groups is 3. The average Bonchev–Trinajstić information content (AvgIpc) is 3.23. The molecule has 0 spiro atoms. The zero-order valence-electron chi connectivity index (χ0n) is 20.1. The van der Waals surface area contributed by atoms with Gasteiger partial charge in [0.05, 0.1) is 11.6 Å². The van der Waals surface area contributed by atoms with Gasteiger partial charge in [0.25, 0.3) is 0 Å². The first-order valence-corrected chi connectivity index (χ1v) is 11.3. The highest BCUT2D eigenvalue weighted by Crippen LogP contribution is 2.53. The molecule has 1 aromatic heterocycles. The number of hydrogen-bond donors (Lipinski definition) is 3. The Morgan fingerprint density at radius 1 is 1.20 bits per heavy atom. The van der Waals surface area contributed by atoms with Crippen molar-refractivity contribution in [2.75, 3.05) is 33.1 Å². The fraction of sp³-hybridized carbons (Fsp3) is 0.440. The van der Waals surface area contributed by atoms with E-state index in [-0.39, 0.29) is 17.8 Å². The van der Waals surface area contributed by atoms with Crippen molar-refractivity contribution in [1.82, 2.24) is 9.88 Å². The van der Waals surface area contributed by atoms with E-state index in [9.17, 15) is 29.7 Å². The lowest BCUT2D eigenvalue weighted by atomic mass is 9.57. The summed E-state index contributed by atoms with van der Waals surface area (Å²) < 4.78 is 5.55. The fourth-order valence-corrected chi connectivity index (χ4v) is 6.12. The Morgan fingerprint density at radius 2 is 1.89 bits per heavy atom. The number of ketones is 3. The Kier molecular flexibility index (Phi) is 4.98. The lowest BCUT2D eigenvalue weighted by Crippen LogP contribution is -2.65. The van der Waals surface area contributed by atoms with Gasteiger partial charge in [0.15, 0.2) is 29.1 Å². The fourth-order valence-electron chi connectivity index (χ4n) is 6.12. The lowest BCUT2D eigenvalue weighted by molar-refractivity contribution is -0.153. The minimum Gasteiger partial charge on any atom is -0.508 e. The molecular formula is C25H27N3O7. The van der Waals surface area contributed by atoms with Crippen LogP contribution in [0.1, 0.15) is 24.5 Å². The quantitative estimate of drug-likeness (QED) is 0.553. The van der Waals surface area contributed by atoms with Gasteiger partial charge in [-0.15, -0.1) is 0 Å². The highest BCUT2D eigenvalue weighted by molar-refractivity contribution is 6.25. The van der Waals surface area contributed by atoms with Crippen LogP contribution < -0.4 is 4.90 Å². The van der Waals surface area contributed by atoms with Gasteiger partial charge in [-0.25, -0.2) is 4.98 Å². The number of likely N-dealkylation sites (N-methyl/N-ethyl adjacent to an activating group) is 1. The highest BCUT2D eigenvalue weighted by atomic mass is 16.4. The smallest absolute Gasteiger partial charge is 0.202 e. The third-order valence-corrected chi connectivity index (χ3v) is 7.61. The summed E-state index contributed by atoms with van der Waals surface area (Å²) >= 11 is 0. The molecule has 5 rings (SSSR count). The molecular weight excluding hydrogens is 454 g/mol. The van der Waals surface area contributed by atoms with E-state index in [4.69, 9.17) is 4.42 Å². The SMILES string of the molecule is CC(=O)C1=C(O)[C@@]2(O)C(=O)C3=C(O)c4c(c(N(C)C)cc5ncoc45)C[C@H]3C[C@H]2[C@H](N(C)C)C1=O. The summed E-state index contributed by atoms with van der Waals surface area (Å²) in [5.41, 5.74) is -0.482. The maximum Gasteiger partial charge on any atom is 0.202 e. The molecule has 4 atom stereocenters. The Bertz CT molecular complexity index is 1380. The number of fused-ring (bicyclic) bond motifs is 5. The number of carbonyl (C=O) groups excluding carboxylic acids is 3. The summed E-state index contributed by atoms with van der Waals surface area (Å²) in [5.74, 6) is -5.13. The third-order valence-electron chi connectivity index (χ3n) is 7.61. The number of benzene rings is 1. The van der Waals surface area contributed by atoms with Crippen LogP contribution in [0.5, 0.6) is 0 Å². The van der Waals surface area contributed by atoms with Gasteiger partial charge in [0, 0.05) is 31.3 Å². The van der Waals surface area contributed by atoms with E-state index >= 15 is 0 Å². The first-order valence-electron chi connectivity index (χ1n) is 11.3. The van der Waals surface area contributed by atoms with Crippen molar-refractivity contribution < 1.29 is 34.1 Å². The van der Waals surface area contributed by atoms with Crippen molar-refractivity contribution in [3.05, 3.63) is 40.5 Å². The van der Waals surface area contributed by atoms with E-state index < -0.39 is 52.2 Å². The molecule has 0 saturated heterocycles.